The van der Waals surface area contributed by atoms with Crippen LogP contribution in [0.1, 0.15) is 30.1 Å². The Morgan fingerprint density at radius 2 is 1.96 bits per heavy atom. The lowest BCUT2D eigenvalue weighted by Gasteiger charge is -2.14. The third-order valence-electron chi connectivity index (χ3n) is 5.28. The number of aliphatic hydroxyl groups excluding tert-OH is 1. The van der Waals surface area contributed by atoms with Crippen LogP contribution in [0.3, 0.4) is 0 Å². The van der Waals surface area contributed by atoms with Crippen molar-refractivity contribution in [2.75, 3.05) is 6.61 Å². The standard InChI is InChI=1S/C19H22N4O4S/c20-28(25,26)27-11-14-9-15(10-18(14)24)23-7-6-16-17(21-12-22-19(16)23)8-13-4-2-1-3-5-13/h1-7,12,14-15,18,24H,8-11H2,(H2,20,25,26)/t14-,15+,18-/m0/s1. The van der Waals surface area contributed by atoms with Gasteiger partial charge in [-0.1, -0.05) is 30.3 Å². The molecule has 1 aromatic carbocycles. The van der Waals surface area contributed by atoms with E-state index in [9.17, 15) is 13.5 Å². The average molecular weight is 402 g/mol. The monoisotopic (exact) mass is 402 g/mol. The quantitative estimate of drug-likeness (QED) is 0.645. The van der Waals surface area contributed by atoms with E-state index in [4.69, 9.17) is 5.14 Å². The third kappa shape index (κ3) is 4.07. The molecule has 1 aliphatic carbocycles. The number of nitrogens with zero attached hydrogens (tertiary/aromatic N) is 3. The topological polar surface area (TPSA) is 120 Å². The van der Waals surface area contributed by atoms with Crippen molar-refractivity contribution in [3.05, 3.63) is 60.2 Å². The Morgan fingerprint density at radius 1 is 1.18 bits per heavy atom. The van der Waals surface area contributed by atoms with Gasteiger partial charge in [-0.2, -0.15) is 8.42 Å². The van der Waals surface area contributed by atoms with E-state index in [2.05, 4.69) is 26.3 Å². The Kier molecular flexibility index (Phi) is 5.15. The van der Waals surface area contributed by atoms with Crippen LogP contribution in [0.15, 0.2) is 48.9 Å². The Hall–Kier alpha value is -2.33. The molecule has 3 aromatic rings. The number of aliphatic hydroxyl groups is 1. The van der Waals surface area contributed by atoms with E-state index < -0.39 is 16.4 Å². The molecule has 28 heavy (non-hydrogen) atoms. The SMILES string of the molecule is NS(=O)(=O)OC[C@@H]1C[C@@H](n2ccc3c(Cc4ccccc4)ncnc32)C[C@@H]1O. The van der Waals surface area contributed by atoms with Crippen LogP contribution in [-0.4, -0.2) is 40.8 Å². The summed E-state index contributed by atoms with van der Waals surface area (Å²) in [5, 5.41) is 16.2. The maximum Gasteiger partial charge on any atom is 0.333 e. The predicted molar refractivity (Wildman–Crippen MR) is 104 cm³/mol. The maximum atomic E-state index is 11.0. The molecular weight excluding hydrogens is 380 g/mol. The Bertz CT molecular complexity index is 1070. The van der Waals surface area contributed by atoms with E-state index >= 15 is 0 Å². The van der Waals surface area contributed by atoms with Crippen LogP contribution in [0.25, 0.3) is 11.0 Å². The zero-order chi connectivity index (χ0) is 19.7. The van der Waals surface area contributed by atoms with Gasteiger partial charge in [0.2, 0.25) is 0 Å². The van der Waals surface area contributed by atoms with Crippen molar-refractivity contribution in [3.8, 4) is 0 Å². The first kappa shape index (κ1) is 19.0. The van der Waals surface area contributed by atoms with Gasteiger partial charge in [0.15, 0.2) is 0 Å². The van der Waals surface area contributed by atoms with Gasteiger partial charge in [-0.05, 0) is 24.5 Å². The van der Waals surface area contributed by atoms with Gasteiger partial charge in [0, 0.05) is 30.0 Å². The highest BCUT2D eigenvalue weighted by molar-refractivity contribution is 7.84. The molecule has 0 aliphatic heterocycles. The van der Waals surface area contributed by atoms with E-state index in [1.807, 2.05) is 35.0 Å². The van der Waals surface area contributed by atoms with Crippen LogP contribution < -0.4 is 5.14 Å². The van der Waals surface area contributed by atoms with Crippen LogP contribution in [0, 0.1) is 5.92 Å². The second-order valence-electron chi connectivity index (χ2n) is 7.17. The van der Waals surface area contributed by atoms with Gasteiger partial charge in [0.1, 0.15) is 12.0 Å². The molecule has 1 aliphatic rings. The summed E-state index contributed by atoms with van der Waals surface area (Å²) in [7, 11) is -4.01. The predicted octanol–water partition coefficient (Wildman–Crippen LogP) is 1.55. The molecule has 3 atom stereocenters. The minimum absolute atomic E-state index is 0.000976. The first-order chi connectivity index (χ1) is 13.4. The van der Waals surface area contributed by atoms with Crippen molar-refractivity contribution < 1.29 is 17.7 Å². The molecule has 1 fully saturated rings. The summed E-state index contributed by atoms with van der Waals surface area (Å²) in [6, 6.07) is 12.1. The first-order valence-electron chi connectivity index (χ1n) is 9.10. The van der Waals surface area contributed by atoms with Gasteiger partial charge in [-0.3, -0.25) is 4.18 Å². The lowest BCUT2D eigenvalue weighted by molar-refractivity contribution is 0.100. The highest BCUT2D eigenvalue weighted by atomic mass is 32.2. The minimum Gasteiger partial charge on any atom is -0.393 e. The van der Waals surface area contributed by atoms with Crippen molar-refractivity contribution in [1.82, 2.24) is 14.5 Å². The van der Waals surface area contributed by atoms with Crippen molar-refractivity contribution in [2.24, 2.45) is 11.1 Å². The molecule has 148 valence electrons. The van der Waals surface area contributed by atoms with Crippen LogP contribution in [0.2, 0.25) is 0 Å². The fourth-order valence-corrected chi connectivity index (χ4v) is 4.27. The van der Waals surface area contributed by atoms with Gasteiger partial charge in [-0.25, -0.2) is 15.1 Å². The lowest BCUT2D eigenvalue weighted by Crippen LogP contribution is -2.24. The summed E-state index contributed by atoms with van der Waals surface area (Å²) >= 11 is 0. The van der Waals surface area contributed by atoms with E-state index in [0.717, 1.165) is 16.7 Å². The van der Waals surface area contributed by atoms with Crippen molar-refractivity contribution in [2.45, 2.75) is 31.4 Å². The molecule has 0 amide bonds. The van der Waals surface area contributed by atoms with Crippen molar-refractivity contribution >= 4 is 21.3 Å². The number of aromatic nitrogens is 3. The third-order valence-corrected chi connectivity index (χ3v) is 5.74. The van der Waals surface area contributed by atoms with E-state index in [-0.39, 0.29) is 18.6 Å². The summed E-state index contributed by atoms with van der Waals surface area (Å²) in [5.74, 6) is -0.300. The van der Waals surface area contributed by atoms with Crippen molar-refractivity contribution in [1.29, 1.82) is 0 Å². The number of hydrogen-bond donors (Lipinski definition) is 2. The number of fused-ring (bicyclic) bond motifs is 1. The molecule has 0 unspecified atom stereocenters. The van der Waals surface area contributed by atoms with Crippen LogP contribution >= 0.6 is 0 Å². The summed E-state index contributed by atoms with van der Waals surface area (Å²) in [6.07, 6.45) is 4.65. The van der Waals surface area contributed by atoms with Gasteiger partial charge in [0.05, 0.1) is 18.4 Å². The zero-order valence-corrected chi connectivity index (χ0v) is 16.0. The van der Waals surface area contributed by atoms with Crippen LogP contribution in [0.4, 0.5) is 0 Å². The van der Waals surface area contributed by atoms with Gasteiger partial charge >= 0.3 is 10.3 Å². The van der Waals surface area contributed by atoms with Gasteiger partial charge in [-0.15, -0.1) is 0 Å². The zero-order valence-electron chi connectivity index (χ0n) is 15.2. The molecule has 0 radical (unpaired) electrons. The Morgan fingerprint density at radius 3 is 2.71 bits per heavy atom. The van der Waals surface area contributed by atoms with Crippen molar-refractivity contribution in [3.63, 3.8) is 0 Å². The molecule has 4 rings (SSSR count). The van der Waals surface area contributed by atoms with Crippen LogP contribution in [0.5, 0.6) is 0 Å². The largest absolute Gasteiger partial charge is 0.393 e. The summed E-state index contributed by atoms with van der Waals surface area (Å²) < 4.78 is 28.7. The summed E-state index contributed by atoms with van der Waals surface area (Å²) in [4.78, 5) is 8.90. The molecule has 0 bridgehead atoms. The lowest BCUT2D eigenvalue weighted by atomic mass is 10.1. The molecule has 8 nitrogen and oxygen atoms in total. The highest BCUT2D eigenvalue weighted by Gasteiger charge is 2.35. The molecular formula is C19H22N4O4S. The number of rotatable bonds is 6. The normalized spacial score (nSPS) is 22.7. The molecule has 1 saturated carbocycles. The number of benzene rings is 1. The Balaban J connectivity index is 1.56. The Labute approximate surface area is 163 Å². The van der Waals surface area contributed by atoms with Gasteiger partial charge in [0.25, 0.3) is 0 Å². The fraction of sp³-hybridized carbons (Fsp3) is 0.368. The fourth-order valence-electron chi connectivity index (χ4n) is 3.91. The minimum atomic E-state index is -4.01. The molecule has 9 heteroatoms. The first-order valence-corrected chi connectivity index (χ1v) is 10.6. The average Bonchev–Trinajstić information content (AvgIpc) is 3.24. The second-order valence-corrected chi connectivity index (χ2v) is 8.39. The summed E-state index contributed by atoms with van der Waals surface area (Å²) in [5.41, 5.74) is 2.93. The van der Waals surface area contributed by atoms with E-state index in [0.29, 0.717) is 19.3 Å². The highest BCUT2D eigenvalue weighted by Crippen LogP contribution is 2.37. The second kappa shape index (κ2) is 7.59. The molecule has 2 heterocycles. The number of hydrogen-bond acceptors (Lipinski definition) is 6. The van der Waals surface area contributed by atoms with E-state index in [1.54, 1.807) is 6.33 Å². The smallest absolute Gasteiger partial charge is 0.333 e. The van der Waals surface area contributed by atoms with E-state index in [1.165, 1.54) is 5.56 Å². The molecule has 0 saturated heterocycles. The van der Waals surface area contributed by atoms with Gasteiger partial charge < -0.3 is 9.67 Å². The molecule has 0 spiro atoms. The maximum absolute atomic E-state index is 11.0. The summed E-state index contributed by atoms with van der Waals surface area (Å²) in [6.45, 7) is -0.121. The molecule has 2 aromatic heterocycles. The molecule has 3 N–H and O–H groups in total. The number of nitrogens with two attached hydrogens (primary N) is 1. The van der Waals surface area contributed by atoms with Crippen LogP contribution in [-0.2, 0) is 20.9 Å².